The highest BCUT2D eigenvalue weighted by atomic mass is 35.5. The smallest absolute Gasteiger partial charge is 0.262 e. The molecule has 0 spiro atoms. The summed E-state index contributed by atoms with van der Waals surface area (Å²) in [5, 5.41) is 4.89. The number of carbonyl (C=O) groups is 1. The van der Waals surface area contributed by atoms with Crippen molar-refractivity contribution in [3.63, 3.8) is 0 Å². The first-order valence-electron chi connectivity index (χ1n) is 8.68. The molecule has 1 amide bonds. The minimum absolute atomic E-state index is 0.0107. The fourth-order valence-electron chi connectivity index (χ4n) is 3.22. The van der Waals surface area contributed by atoms with Gasteiger partial charge in [-0.15, -0.1) is 11.3 Å². The Hall–Kier alpha value is -1.83. The average molecular weight is 420 g/mol. The van der Waals surface area contributed by atoms with E-state index in [9.17, 15) is 9.59 Å². The van der Waals surface area contributed by atoms with Crippen LogP contribution in [0.1, 0.15) is 22.4 Å². The van der Waals surface area contributed by atoms with Gasteiger partial charge in [-0.25, -0.2) is 4.98 Å². The van der Waals surface area contributed by atoms with Gasteiger partial charge < -0.3 is 5.32 Å². The Balaban J connectivity index is 1.44. The third-order valence-electron chi connectivity index (χ3n) is 4.64. The Morgan fingerprint density at radius 3 is 2.89 bits per heavy atom. The van der Waals surface area contributed by atoms with Crippen molar-refractivity contribution >= 4 is 50.8 Å². The number of nitrogens with one attached hydrogen (secondary N) is 1. The molecule has 0 saturated carbocycles. The third kappa shape index (κ3) is 3.77. The van der Waals surface area contributed by atoms with Crippen LogP contribution >= 0.6 is 34.7 Å². The second kappa shape index (κ2) is 7.66. The standard InChI is InChI=1S/C19H18ClN3O2S2/c1-23-18(25)16-13-3-2-4-14(13)27-17(16)22-19(23)26-10-15(24)21-9-11-5-7-12(20)8-6-11/h5-8H,2-4,9-10H2,1H3,(H,21,24). The van der Waals surface area contributed by atoms with Crippen LogP contribution < -0.4 is 10.9 Å². The molecular weight excluding hydrogens is 402 g/mol. The Morgan fingerprint density at radius 1 is 1.33 bits per heavy atom. The van der Waals surface area contributed by atoms with Gasteiger partial charge in [0.25, 0.3) is 5.56 Å². The summed E-state index contributed by atoms with van der Waals surface area (Å²) in [6.45, 7) is 0.444. The monoisotopic (exact) mass is 419 g/mol. The number of hydrogen-bond donors (Lipinski definition) is 1. The summed E-state index contributed by atoms with van der Waals surface area (Å²) < 4.78 is 1.56. The number of aromatic nitrogens is 2. The number of amides is 1. The normalized spacial score (nSPS) is 13.1. The van der Waals surface area contributed by atoms with Crippen LogP contribution in [0.5, 0.6) is 0 Å². The Kier molecular flexibility index (Phi) is 5.25. The average Bonchev–Trinajstić information content (AvgIpc) is 3.23. The summed E-state index contributed by atoms with van der Waals surface area (Å²) in [6, 6.07) is 7.35. The van der Waals surface area contributed by atoms with Gasteiger partial charge in [-0.3, -0.25) is 14.2 Å². The molecule has 0 unspecified atom stereocenters. The summed E-state index contributed by atoms with van der Waals surface area (Å²) in [4.78, 5) is 31.7. The van der Waals surface area contributed by atoms with Gasteiger partial charge in [0, 0.05) is 23.5 Å². The van der Waals surface area contributed by atoms with Gasteiger partial charge in [0.15, 0.2) is 5.16 Å². The van der Waals surface area contributed by atoms with E-state index in [2.05, 4.69) is 10.3 Å². The molecule has 27 heavy (non-hydrogen) atoms. The zero-order chi connectivity index (χ0) is 19.0. The van der Waals surface area contributed by atoms with Gasteiger partial charge in [-0.05, 0) is 42.5 Å². The molecular formula is C19H18ClN3O2S2. The lowest BCUT2D eigenvalue weighted by molar-refractivity contribution is -0.118. The van der Waals surface area contributed by atoms with E-state index in [1.807, 2.05) is 12.1 Å². The van der Waals surface area contributed by atoms with Crippen molar-refractivity contribution in [1.29, 1.82) is 0 Å². The van der Waals surface area contributed by atoms with Gasteiger partial charge >= 0.3 is 0 Å². The number of thioether (sulfide) groups is 1. The van der Waals surface area contributed by atoms with Gasteiger partial charge in [0.05, 0.1) is 11.1 Å². The van der Waals surface area contributed by atoms with Crippen LogP contribution in [0.3, 0.4) is 0 Å². The van der Waals surface area contributed by atoms with Crippen molar-refractivity contribution in [3.05, 3.63) is 55.6 Å². The minimum atomic E-state index is -0.0991. The van der Waals surface area contributed by atoms with Crippen LogP contribution in [-0.4, -0.2) is 21.2 Å². The molecule has 1 aliphatic carbocycles. The van der Waals surface area contributed by atoms with E-state index < -0.39 is 0 Å². The summed E-state index contributed by atoms with van der Waals surface area (Å²) in [7, 11) is 1.72. The van der Waals surface area contributed by atoms with Gasteiger partial charge in [0.2, 0.25) is 5.91 Å². The van der Waals surface area contributed by atoms with E-state index >= 15 is 0 Å². The first kappa shape index (κ1) is 18.5. The number of rotatable bonds is 5. The lowest BCUT2D eigenvalue weighted by Crippen LogP contribution is -2.25. The first-order valence-corrected chi connectivity index (χ1v) is 10.9. The number of benzene rings is 1. The predicted molar refractivity (Wildman–Crippen MR) is 111 cm³/mol. The molecule has 4 rings (SSSR count). The predicted octanol–water partition coefficient (Wildman–Crippen LogP) is 3.55. The Morgan fingerprint density at radius 2 is 2.11 bits per heavy atom. The summed E-state index contributed by atoms with van der Waals surface area (Å²) in [5.41, 5.74) is 2.15. The van der Waals surface area contributed by atoms with E-state index in [0.29, 0.717) is 16.7 Å². The number of carbonyl (C=O) groups excluding carboxylic acids is 1. The Bertz CT molecular complexity index is 1070. The number of halogens is 1. The van der Waals surface area contributed by atoms with Gasteiger partial charge in [-0.2, -0.15) is 0 Å². The molecule has 2 aromatic heterocycles. The number of hydrogen-bond acceptors (Lipinski definition) is 5. The second-order valence-electron chi connectivity index (χ2n) is 6.49. The van der Waals surface area contributed by atoms with Crippen molar-refractivity contribution in [3.8, 4) is 0 Å². The highest BCUT2D eigenvalue weighted by molar-refractivity contribution is 7.99. The lowest BCUT2D eigenvalue weighted by Gasteiger charge is -2.08. The molecule has 5 nitrogen and oxygen atoms in total. The molecule has 1 aromatic carbocycles. The van der Waals surface area contributed by atoms with Crippen molar-refractivity contribution in [2.75, 3.05) is 5.75 Å². The molecule has 1 aliphatic rings. The van der Waals surface area contributed by atoms with Gasteiger partial charge in [0.1, 0.15) is 4.83 Å². The molecule has 3 aromatic rings. The Labute approximate surface area is 169 Å². The fraction of sp³-hybridized carbons (Fsp3) is 0.316. The summed E-state index contributed by atoms with van der Waals surface area (Å²) >= 11 is 8.77. The highest BCUT2D eigenvalue weighted by Crippen LogP contribution is 2.35. The second-order valence-corrected chi connectivity index (χ2v) is 8.95. The summed E-state index contributed by atoms with van der Waals surface area (Å²) in [6.07, 6.45) is 3.12. The van der Waals surface area contributed by atoms with E-state index in [-0.39, 0.29) is 17.2 Å². The van der Waals surface area contributed by atoms with Crippen LogP contribution in [0.15, 0.2) is 34.2 Å². The molecule has 0 radical (unpaired) electrons. The largest absolute Gasteiger partial charge is 0.351 e. The van der Waals surface area contributed by atoms with E-state index in [1.54, 1.807) is 35.1 Å². The lowest BCUT2D eigenvalue weighted by atomic mass is 10.2. The van der Waals surface area contributed by atoms with Crippen LogP contribution in [0.2, 0.25) is 5.02 Å². The van der Waals surface area contributed by atoms with Crippen LogP contribution in [0, 0.1) is 0 Å². The molecule has 8 heteroatoms. The molecule has 0 saturated heterocycles. The number of fused-ring (bicyclic) bond motifs is 3. The maximum atomic E-state index is 12.8. The molecule has 0 aliphatic heterocycles. The minimum Gasteiger partial charge on any atom is -0.351 e. The molecule has 1 N–H and O–H groups in total. The van der Waals surface area contributed by atoms with Crippen molar-refractivity contribution in [2.45, 2.75) is 31.0 Å². The maximum Gasteiger partial charge on any atom is 0.262 e. The number of aryl methyl sites for hydroxylation is 2. The quantitative estimate of drug-likeness (QED) is 0.507. The van der Waals surface area contributed by atoms with E-state index in [0.717, 1.165) is 35.0 Å². The number of thiophene rings is 1. The van der Waals surface area contributed by atoms with Crippen LogP contribution in [0.4, 0.5) is 0 Å². The third-order valence-corrected chi connectivity index (χ3v) is 7.11. The topological polar surface area (TPSA) is 64.0 Å². The zero-order valence-corrected chi connectivity index (χ0v) is 17.1. The zero-order valence-electron chi connectivity index (χ0n) is 14.8. The summed E-state index contributed by atoms with van der Waals surface area (Å²) in [5.74, 6) is 0.114. The maximum absolute atomic E-state index is 12.8. The van der Waals surface area contributed by atoms with Crippen molar-refractivity contribution in [1.82, 2.24) is 14.9 Å². The van der Waals surface area contributed by atoms with E-state index in [1.165, 1.54) is 22.2 Å². The number of nitrogens with zero attached hydrogens (tertiary/aromatic N) is 2. The van der Waals surface area contributed by atoms with Crippen molar-refractivity contribution < 1.29 is 4.79 Å². The van der Waals surface area contributed by atoms with Gasteiger partial charge in [-0.1, -0.05) is 35.5 Å². The van der Waals surface area contributed by atoms with Crippen molar-refractivity contribution in [2.24, 2.45) is 7.05 Å². The molecule has 0 fully saturated rings. The molecule has 140 valence electrons. The first-order chi connectivity index (χ1) is 13.0. The van der Waals surface area contributed by atoms with Crippen LogP contribution in [0.25, 0.3) is 10.2 Å². The molecule has 0 bridgehead atoms. The van der Waals surface area contributed by atoms with Crippen LogP contribution in [-0.2, 0) is 31.2 Å². The SMILES string of the molecule is Cn1c(SCC(=O)NCc2ccc(Cl)cc2)nc2sc3c(c2c1=O)CCC3. The molecule has 0 atom stereocenters. The molecule has 2 heterocycles. The van der Waals surface area contributed by atoms with E-state index in [4.69, 9.17) is 11.6 Å². The fourth-order valence-corrected chi connectivity index (χ4v) is 5.45. The highest BCUT2D eigenvalue weighted by Gasteiger charge is 2.22.